The van der Waals surface area contributed by atoms with Crippen molar-refractivity contribution in [1.82, 2.24) is 9.80 Å². The molecule has 1 aliphatic heterocycles. The third kappa shape index (κ3) is 4.43. The number of amides is 2. The molecule has 25 heavy (non-hydrogen) atoms. The highest BCUT2D eigenvalue weighted by Crippen LogP contribution is 2.26. The molecule has 0 aromatic carbocycles. The summed E-state index contributed by atoms with van der Waals surface area (Å²) in [6, 6.07) is 7.60. The summed E-state index contributed by atoms with van der Waals surface area (Å²) in [7, 11) is 0. The maximum absolute atomic E-state index is 12.8. The van der Waals surface area contributed by atoms with Crippen molar-refractivity contribution in [2.24, 2.45) is 5.92 Å². The van der Waals surface area contributed by atoms with Gasteiger partial charge in [-0.1, -0.05) is 17.7 Å². The number of halogens is 1. The van der Waals surface area contributed by atoms with E-state index in [2.05, 4.69) is 0 Å². The van der Waals surface area contributed by atoms with Crippen LogP contribution in [0.15, 0.2) is 29.6 Å². The minimum Gasteiger partial charge on any atom is -0.338 e. The van der Waals surface area contributed by atoms with Gasteiger partial charge in [0.1, 0.15) is 0 Å². The maximum Gasteiger partial charge on any atom is 0.263 e. The fourth-order valence-electron chi connectivity index (χ4n) is 3.11. The van der Waals surface area contributed by atoms with E-state index in [1.807, 2.05) is 46.4 Å². The van der Waals surface area contributed by atoms with Gasteiger partial charge in [0.2, 0.25) is 5.91 Å². The molecule has 2 aromatic heterocycles. The Morgan fingerprint density at radius 2 is 2.04 bits per heavy atom. The number of hydrogen-bond acceptors (Lipinski definition) is 4. The summed E-state index contributed by atoms with van der Waals surface area (Å²) in [6.45, 7) is 4.59. The summed E-state index contributed by atoms with van der Waals surface area (Å²) >= 11 is 8.97. The zero-order valence-electron chi connectivity index (χ0n) is 14.1. The lowest BCUT2D eigenvalue weighted by atomic mass is 9.95. The first-order valence-electron chi connectivity index (χ1n) is 8.44. The average Bonchev–Trinajstić information content (AvgIpc) is 3.30. The first-order chi connectivity index (χ1) is 12.1. The van der Waals surface area contributed by atoms with E-state index in [1.54, 1.807) is 0 Å². The lowest BCUT2D eigenvalue weighted by molar-refractivity contribution is -0.137. The molecule has 2 amide bonds. The molecule has 0 radical (unpaired) electrons. The quantitative estimate of drug-likeness (QED) is 0.753. The maximum atomic E-state index is 12.8. The number of thiophene rings is 2. The zero-order chi connectivity index (χ0) is 17.8. The molecule has 0 spiro atoms. The van der Waals surface area contributed by atoms with Gasteiger partial charge in [-0.05, 0) is 43.3 Å². The first kappa shape index (κ1) is 18.4. The summed E-state index contributed by atoms with van der Waals surface area (Å²) in [5, 5.41) is 1.92. The Bertz CT molecular complexity index is 721. The van der Waals surface area contributed by atoms with Crippen LogP contribution >= 0.6 is 34.3 Å². The fourth-order valence-corrected chi connectivity index (χ4v) is 4.91. The van der Waals surface area contributed by atoms with Crippen molar-refractivity contribution in [3.63, 3.8) is 0 Å². The molecule has 1 saturated heterocycles. The molecule has 0 N–H and O–H groups in total. The number of nitrogens with zero attached hydrogens (tertiary/aromatic N) is 2. The molecule has 1 fully saturated rings. The van der Waals surface area contributed by atoms with Gasteiger partial charge in [-0.3, -0.25) is 9.59 Å². The van der Waals surface area contributed by atoms with Crippen LogP contribution in [0.5, 0.6) is 0 Å². The predicted octanol–water partition coefficient (Wildman–Crippen LogP) is 4.36. The van der Waals surface area contributed by atoms with Crippen LogP contribution in [0.4, 0.5) is 0 Å². The Morgan fingerprint density at radius 1 is 1.28 bits per heavy atom. The Balaban J connectivity index is 1.55. The largest absolute Gasteiger partial charge is 0.338 e. The highest BCUT2D eigenvalue weighted by Gasteiger charge is 2.30. The van der Waals surface area contributed by atoms with E-state index in [4.69, 9.17) is 11.6 Å². The van der Waals surface area contributed by atoms with Gasteiger partial charge in [0.25, 0.3) is 5.91 Å². The van der Waals surface area contributed by atoms with E-state index < -0.39 is 0 Å². The van der Waals surface area contributed by atoms with Gasteiger partial charge in [-0.15, -0.1) is 22.7 Å². The predicted molar refractivity (Wildman–Crippen MR) is 103 cm³/mol. The van der Waals surface area contributed by atoms with Crippen LogP contribution in [-0.4, -0.2) is 41.2 Å². The average molecular weight is 397 g/mol. The highest BCUT2D eigenvalue weighted by atomic mass is 35.5. The summed E-state index contributed by atoms with van der Waals surface area (Å²) in [5.74, 6) is 0.277. The Morgan fingerprint density at radius 3 is 2.60 bits per heavy atom. The second-order valence-electron chi connectivity index (χ2n) is 6.10. The first-order valence-corrected chi connectivity index (χ1v) is 10.5. The highest BCUT2D eigenvalue weighted by molar-refractivity contribution is 7.16. The zero-order valence-corrected chi connectivity index (χ0v) is 16.5. The van der Waals surface area contributed by atoms with E-state index in [1.165, 1.54) is 22.7 Å². The Hall–Kier alpha value is -1.37. The molecule has 4 nitrogen and oxygen atoms in total. The van der Waals surface area contributed by atoms with Crippen molar-refractivity contribution < 1.29 is 9.59 Å². The smallest absolute Gasteiger partial charge is 0.263 e. The number of carbonyl (C=O) groups excluding carboxylic acids is 2. The van der Waals surface area contributed by atoms with Gasteiger partial charge in [0, 0.05) is 30.4 Å². The fraction of sp³-hybridized carbons (Fsp3) is 0.444. The van der Waals surface area contributed by atoms with Gasteiger partial charge in [-0.2, -0.15) is 0 Å². The van der Waals surface area contributed by atoms with Crippen molar-refractivity contribution in [3.05, 3.63) is 43.7 Å². The summed E-state index contributed by atoms with van der Waals surface area (Å²) in [4.78, 5) is 30.9. The van der Waals surface area contributed by atoms with E-state index in [0.717, 1.165) is 26.9 Å². The van der Waals surface area contributed by atoms with Crippen LogP contribution in [0.25, 0.3) is 0 Å². The molecular weight excluding hydrogens is 376 g/mol. The number of carbonyl (C=O) groups is 2. The van der Waals surface area contributed by atoms with Crippen LogP contribution < -0.4 is 0 Å². The van der Waals surface area contributed by atoms with Crippen LogP contribution in [0.3, 0.4) is 0 Å². The lowest BCUT2D eigenvalue weighted by Gasteiger charge is -2.33. The van der Waals surface area contributed by atoms with Gasteiger partial charge in [0.15, 0.2) is 0 Å². The van der Waals surface area contributed by atoms with E-state index in [-0.39, 0.29) is 17.7 Å². The van der Waals surface area contributed by atoms with E-state index in [0.29, 0.717) is 26.2 Å². The molecule has 3 rings (SSSR count). The van der Waals surface area contributed by atoms with Crippen LogP contribution in [-0.2, 0) is 11.3 Å². The summed E-state index contributed by atoms with van der Waals surface area (Å²) < 4.78 is 0.749. The van der Waals surface area contributed by atoms with Crippen molar-refractivity contribution in [1.29, 1.82) is 0 Å². The molecule has 7 heteroatoms. The van der Waals surface area contributed by atoms with E-state index in [9.17, 15) is 9.59 Å². The topological polar surface area (TPSA) is 40.6 Å². The Kier molecular flexibility index (Phi) is 6.15. The number of hydrogen-bond donors (Lipinski definition) is 0. The van der Waals surface area contributed by atoms with Gasteiger partial charge in [-0.25, -0.2) is 0 Å². The van der Waals surface area contributed by atoms with Crippen molar-refractivity contribution in [3.8, 4) is 0 Å². The normalized spacial score (nSPS) is 15.4. The molecule has 134 valence electrons. The number of rotatable bonds is 5. The van der Waals surface area contributed by atoms with Crippen molar-refractivity contribution in [2.45, 2.75) is 26.3 Å². The second-order valence-corrected chi connectivity index (χ2v) is 8.85. The monoisotopic (exact) mass is 396 g/mol. The Labute approximate surface area is 161 Å². The van der Waals surface area contributed by atoms with Crippen molar-refractivity contribution >= 4 is 46.1 Å². The number of likely N-dealkylation sites (tertiary alicyclic amines) is 1. The van der Waals surface area contributed by atoms with Crippen LogP contribution in [0.1, 0.15) is 34.3 Å². The van der Waals surface area contributed by atoms with Crippen LogP contribution in [0.2, 0.25) is 4.34 Å². The summed E-state index contributed by atoms with van der Waals surface area (Å²) in [5.41, 5.74) is 0. The third-order valence-corrected chi connectivity index (χ3v) is 6.61. The summed E-state index contributed by atoms with van der Waals surface area (Å²) in [6.07, 6.45) is 1.47. The molecule has 0 saturated carbocycles. The molecule has 0 unspecified atom stereocenters. The molecule has 2 aromatic rings. The number of piperidine rings is 1. The molecule has 0 bridgehead atoms. The lowest BCUT2D eigenvalue weighted by Crippen LogP contribution is -2.44. The molecule has 0 atom stereocenters. The van der Waals surface area contributed by atoms with Gasteiger partial charge in [0.05, 0.1) is 15.8 Å². The minimum absolute atomic E-state index is 0.00256. The van der Waals surface area contributed by atoms with Gasteiger partial charge < -0.3 is 9.80 Å². The molecular formula is C18H21ClN2O2S2. The SMILES string of the molecule is CCN(Cc1ccc(Cl)s1)C(=O)C1CCN(C(=O)c2cccs2)CC1. The van der Waals surface area contributed by atoms with E-state index >= 15 is 0 Å². The molecule has 0 aliphatic carbocycles. The minimum atomic E-state index is 0.00256. The standard InChI is InChI=1S/C18H21ClN2O2S2/c1-2-20(12-14-5-6-16(19)25-14)17(22)13-7-9-21(10-8-13)18(23)15-4-3-11-24-15/h3-6,11,13H,2,7-10,12H2,1H3. The van der Waals surface area contributed by atoms with Crippen LogP contribution in [0, 0.1) is 5.92 Å². The van der Waals surface area contributed by atoms with Crippen molar-refractivity contribution in [2.75, 3.05) is 19.6 Å². The third-order valence-electron chi connectivity index (χ3n) is 4.53. The second kappa shape index (κ2) is 8.34. The molecule has 1 aliphatic rings. The van der Waals surface area contributed by atoms with Gasteiger partial charge >= 0.3 is 0 Å². The molecule has 3 heterocycles.